The van der Waals surface area contributed by atoms with Crippen molar-refractivity contribution in [1.82, 2.24) is 0 Å². The summed E-state index contributed by atoms with van der Waals surface area (Å²) in [5.74, 6) is -1.85. The van der Waals surface area contributed by atoms with Crippen LogP contribution in [0.4, 0.5) is 10.1 Å². The molecule has 15 heavy (non-hydrogen) atoms. The highest BCUT2D eigenvalue weighted by atomic mass is 19.1. The zero-order chi connectivity index (χ0) is 11.4. The summed E-state index contributed by atoms with van der Waals surface area (Å²) in [4.78, 5) is 10.8. The molecular formula is C10H12FNO3. The van der Waals surface area contributed by atoms with Gasteiger partial charge >= 0.3 is 5.97 Å². The molecule has 0 aliphatic heterocycles. The van der Waals surface area contributed by atoms with Gasteiger partial charge in [0.2, 0.25) is 0 Å². The Balaban J connectivity index is 3.07. The summed E-state index contributed by atoms with van der Waals surface area (Å²) in [6.07, 6.45) is 0. The van der Waals surface area contributed by atoms with Crippen LogP contribution >= 0.6 is 0 Å². The van der Waals surface area contributed by atoms with Gasteiger partial charge in [-0.25, -0.2) is 9.18 Å². The summed E-state index contributed by atoms with van der Waals surface area (Å²) >= 11 is 0. The van der Waals surface area contributed by atoms with Crippen LogP contribution in [0.2, 0.25) is 0 Å². The van der Waals surface area contributed by atoms with Crippen LogP contribution in [0.25, 0.3) is 0 Å². The van der Waals surface area contributed by atoms with E-state index in [9.17, 15) is 9.18 Å². The van der Waals surface area contributed by atoms with Crippen LogP contribution in [0.1, 0.15) is 17.3 Å². The van der Waals surface area contributed by atoms with Crippen molar-refractivity contribution in [2.45, 2.75) is 13.0 Å². The van der Waals surface area contributed by atoms with Crippen molar-refractivity contribution in [3.8, 4) is 0 Å². The highest BCUT2D eigenvalue weighted by molar-refractivity contribution is 5.94. The topological polar surface area (TPSA) is 69.6 Å². The Morgan fingerprint density at radius 2 is 2.27 bits per heavy atom. The Hall–Kier alpha value is -1.62. The van der Waals surface area contributed by atoms with Gasteiger partial charge in [-0.1, -0.05) is 6.07 Å². The van der Waals surface area contributed by atoms with Crippen molar-refractivity contribution in [2.75, 3.05) is 11.9 Å². The van der Waals surface area contributed by atoms with Crippen molar-refractivity contribution in [3.05, 3.63) is 29.6 Å². The maximum atomic E-state index is 13.3. The summed E-state index contributed by atoms with van der Waals surface area (Å²) in [5, 5.41) is 20.2. The molecule has 82 valence electrons. The van der Waals surface area contributed by atoms with Crippen LogP contribution in [0, 0.1) is 5.82 Å². The number of hydrogen-bond donors (Lipinski definition) is 3. The SMILES string of the molecule is CC(CO)Nc1c(F)cccc1C(=O)O. The maximum absolute atomic E-state index is 13.3. The highest BCUT2D eigenvalue weighted by Crippen LogP contribution is 2.20. The number of halogens is 1. The maximum Gasteiger partial charge on any atom is 0.337 e. The highest BCUT2D eigenvalue weighted by Gasteiger charge is 2.15. The molecular weight excluding hydrogens is 201 g/mol. The number of carbonyl (C=O) groups is 1. The third-order valence-electron chi connectivity index (χ3n) is 1.91. The molecule has 1 rings (SSSR count). The standard InChI is InChI=1S/C10H12FNO3/c1-6(5-13)12-9-7(10(14)15)3-2-4-8(9)11/h2-4,6,12-13H,5H2,1H3,(H,14,15). The van der Waals surface area contributed by atoms with Crippen molar-refractivity contribution >= 4 is 11.7 Å². The number of hydrogen-bond acceptors (Lipinski definition) is 3. The zero-order valence-electron chi connectivity index (χ0n) is 8.20. The predicted octanol–water partition coefficient (Wildman–Crippen LogP) is 1.32. The number of aliphatic hydroxyl groups excluding tert-OH is 1. The van der Waals surface area contributed by atoms with Gasteiger partial charge in [-0.05, 0) is 19.1 Å². The summed E-state index contributed by atoms with van der Waals surface area (Å²) in [7, 11) is 0. The first-order valence-electron chi connectivity index (χ1n) is 4.45. The van der Waals surface area contributed by atoms with E-state index in [0.717, 1.165) is 0 Å². The lowest BCUT2D eigenvalue weighted by Gasteiger charge is -2.14. The van der Waals surface area contributed by atoms with Gasteiger partial charge in [0.25, 0.3) is 0 Å². The van der Waals surface area contributed by atoms with Crippen molar-refractivity contribution < 1.29 is 19.4 Å². The molecule has 0 aliphatic rings. The third kappa shape index (κ3) is 2.66. The molecule has 0 radical (unpaired) electrons. The minimum Gasteiger partial charge on any atom is -0.478 e. The fourth-order valence-electron chi connectivity index (χ4n) is 1.14. The third-order valence-corrected chi connectivity index (χ3v) is 1.91. The van der Waals surface area contributed by atoms with E-state index in [1.54, 1.807) is 6.92 Å². The predicted molar refractivity (Wildman–Crippen MR) is 53.5 cm³/mol. The zero-order valence-corrected chi connectivity index (χ0v) is 8.20. The first-order valence-corrected chi connectivity index (χ1v) is 4.45. The van der Waals surface area contributed by atoms with Crippen LogP contribution in [0.5, 0.6) is 0 Å². The van der Waals surface area contributed by atoms with E-state index in [-0.39, 0.29) is 17.9 Å². The molecule has 0 aliphatic carbocycles. The molecule has 0 fully saturated rings. The second-order valence-electron chi connectivity index (χ2n) is 3.20. The van der Waals surface area contributed by atoms with E-state index in [4.69, 9.17) is 10.2 Å². The molecule has 0 heterocycles. The number of aliphatic hydroxyl groups is 1. The lowest BCUT2D eigenvalue weighted by atomic mass is 10.1. The minimum absolute atomic E-state index is 0.0912. The molecule has 3 N–H and O–H groups in total. The molecule has 1 atom stereocenters. The number of anilines is 1. The van der Waals surface area contributed by atoms with Crippen LogP contribution in [0.15, 0.2) is 18.2 Å². The average Bonchev–Trinajstić information content (AvgIpc) is 2.20. The molecule has 0 spiro atoms. The van der Waals surface area contributed by atoms with Crippen LogP contribution in [-0.4, -0.2) is 28.8 Å². The number of aromatic carboxylic acids is 1. The van der Waals surface area contributed by atoms with Crippen molar-refractivity contribution in [2.24, 2.45) is 0 Å². The van der Waals surface area contributed by atoms with Crippen molar-refractivity contribution in [1.29, 1.82) is 0 Å². The molecule has 0 amide bonds. The molecule has 0 saturated heterocycles. The van der Waals surface area contributed by atoms with Gasteiger partial charge < -0.3 is 15.5 Å². The monoisotopic (exact) mass is 213 g/mol. The van der Waals surface area contributed by atoms with Gasteiger partial charge in [0.05, 0.1) is 17.9 Å². The van der Waals surface area contributed by atoms with Crippen molar-refractivity contribution in [3.63, 3.8) is 0 Å². The van der Waals surface area contributed by atoms with Gasteiger partial charge in [-0.3, -0.25) is 0 Å². The van der Waals surface area contributed by atoms with Gasteiger partial charge in [0.15, 0.2) is 0 Å². The second-order valence-corrected chi connectivity index (χ2v) is 3.20. The quantitative estimate of drug-likeness (QED) is 0.705. The Morgan fingerprint density at radius 1 is 1.60 bits per heavy atom. The Kier molecular flexibility index (Phi) is 3.62. The van der Waals surface area contributed by atoms with E-state index >= 15 is 0 Å². The second kappa shape index (κ2) is 4.75. The Bertz CT molecular complexity index is 368. The van der Waals surface area contributed by atoms with Gasteiger partial charge in [0, 0.05) is 6.04 Å². The fourth-order valence-corrected chi connectivity index (χ4v) is 1.14. The lowest BCUT2D eigenvalue weighted by Crippen LogP contribution is -2.21. The fraction of sp³-hybridized carbons (Fsp3) is 0.300. The van der Waals surface area contributed by atoms with E-state index < -0.39 is 17.8 Å². The largest absolute Gasteiger partial charge is 0.478 e. The van der Waals surface area contributed by atoms with Gasteiger partial charge in [0.1, 0.15) is 5.82 Å². The molecule has 1 aromatic carbocycles. The Labute approximate surface area is 86.4 Å². The van der Waals surface area contributed by atoms with E-state index in [1.165, 1.54) is 18.2 Å². The van der Waals surface area contributed by atoms with E-state index in [2.05, 4.69) is 5.32 Å². The summed E-state index contributed by atoms with van der Waals surface area (Å²) in [5.41, 5.74) is -0.234. The Morgan fingerprint density at radius 3 is 2.80 bits per heavy atom. The molecule has 1 unspecified atom stereocenters. The number of benzene rings is 1. The first-order chi connectivity index (χ1) is 7.06. The smallest absolute Gasteiger partial charge is 0.337 e. The number of carboxylic acid groups (broad SMARTS) is 1. The van der Waals surface area contributed by atoms with Gasteiger partial charge in [-0.15, -0.1) is 0 Å². The molecule has 0 bridgehead atoms. The van der Waals surface area contributed by atoms with Crippen LogP contribution in [0.3, 0.4) is 0 Å². The molecule has 0 saturated carbocycles. The normalized spacial score (nSPS) is 12.2. The number of nitrogens with one attached hydrogen (secondary N) is 1. The summed E-state index contributed by atoms with van der Waals surface area (Å²) in [6.45, 7) is 1.42. The average molecular weight is 213 g/mol. The van der Waals surface area contributed by atoms with E-state index in [1.807, 2.05) is 0 Å². The minimum atomic E-state index is -1.21. The molecule has 4 nitrogen and oxygen atoms in total. The van der Waals surface area contributed by atoms with Crippen LogP contribution < -0.4 is 5.32 Å². The first kappa shape index (κ1) is 11.5. The summed E-state index contributed by atoms with van der Waals surface area (Å²) < 4.78 is 13.3. The van der Waals surface area contributed by atoms with Crippen LogP contribution in [-0.2, 0) is 0 Å². The number of carboxylic acids is 1. The van der Waals surface area contributed by atoms with Gasteiger partial charge in [-0.2, -0.15) is 0 Å². The molecule has 5 heteroatoms. The molecule has 1 aromatic rings. The summed E-state index contributed by atoms with van der Waals surface area (Å²) in [6, 6.07) is 3.39. The number of para-hydroxylation sites is 1. The number of rotatable bonds is 4. The molecule has 0 aromatic heterocycles. The van der Waals surface area contributed by atoms with E-state index in [0.29, 0.717) is 0 Å². The lowest BCUT2D eigenvalue weighted by molar-refractivity contribution is 0.0697.